The first-order valence-corrected chi connectivity index (χ1v) is 16.7. The van der Waals surface area contributed by atoms with Crippen molar-refractivity contribution in [1.82, 2.24) is 10.4 Å². The van der Waals surface area contributed by atoms with Gasteiger partial charge < -0.3 is 10.2 Å². The Hall–Kier alpha value is -2.23. The molecule has 4 aliphatic carbocycles. The molecule has 1 aromatic carbocycles. The number of hydrogen-bond acceptors (Lipinski definition) is 6. The number of hydrogen-bond donors (Lipinski definition) is 3. The van der Waals surface area contributed by atoms with Gasteiger partial charge in [0.2, 0.25) is 5.91 Å². The van der Waals surface area contributed by atoms with Crippen LogP contribution in [0.15, 0.2) is 24.3 Å². The van der Waals surface area contributed by atoms with E-state index in [1.165, 1.54) is 30.0 Å². The van der Waals surface area contributed by atoms with Crippen LogP contribution in [0.4, 0.5) is 5.69 Å². The second-order valence-corrected chi connectivity index (χ2v) is 15.3. The minimum absolute atomic E-state index is 0.0535. The minimum Gasteiger partial charge on any atom is -0.393 e. The molecule has 3 N–H and O–H groups in total. The summed E-state index contributed by atoms with van der Waals surface area (Å²) in [6, 6.07) is 5.28. The molecule has 236 valence electrons. The van der Waals surface area contributed by atoms with Gasteiger partial charge in [-0.25, -0.2) is 5.01 Å². The number of hydrazine groups is 1. The molecule has 4 saturated carbocycles. The van der Waals surface area contributed by atoms with E-state index in [9.17, 15) is 29.9 Å². The van der Waals surface area contributed by atoms with E-state index in [2.05, 4.69) is 26.2 Å². The Kier molecular flexibility index (Phi) is 8.08. The van der Waals surface area contributed by atoms with Crippen molar-refractivity contribution >= 4 is 29.1 Å². The zero-order valence-electron chi connectivity index (χ0n) is 25.5. The van der Waals surface area contributed by atoms with Gasteiger partial charge in [-0.05, 0) is 122 Å². The van der Waals surface area contributed by atoms with Crippen molar-refractivity contribution in [2.75, 3.05) is 0 Å². The van der Waals surface area contributed by atoms with Gasteiger partial charge in [0.05, 0.1) is 17.1 Å². The first-order chi connectivity index (χ1) is 20.4. The first-order valence-electron chi connectivity index (χ1n) is 16.2. The number of nitrogens with one attached hydrogen (secondary N) is 1. The van der Waals surface area contributed by atoms with Crippen LogP contribution >= 0.6 is 11.6 Å². The van der Waals surface area contributed by atoms with Crippen LogP contribution in [-0.4, -0.2) is 49.5 Å². The van der Waals surface area contributed by atoms with Crippen LogP contribution in [0.3, 0.4) is 0 Å². The van der Waals surface area contributed by atoms with Gasteiger partial charge in [-0.15, -0.1) is 11.6 Å². The highest BCUT2D eigenvalue weighted by Gasteiger charge is 2.63. The minimum atomic E-state index is -0.844. The molecule has 1 heterocycles. The van der Waals surface area contributed by atoms with E-state index in [1.807, 2.05) is 0 Å². The number of carbonyl (C=O) groups is 2. The molecule has 10 heteroatoms. The van der Waals surface area contributed by atoms with Crippen LogP contribution < -0.4 is 5.43 Å². The molecule has 43 heavy (non-hydrogen) atoms. The quantitative estimate of drug-likeness (QED) is 0.160. The Labute approximate surface area is 258 Å². The maximum Gasteiger partial charge on any atom is 0.269 e. The van der Waals surface area contributed by atoms with E-state index in [-0.39, 0.29) is 47.0 Å². The van der Waals surface area contributed by atoms with E-state index < -0.39 is 22.2 Å². The highest BCUT2D eigenvalue weighted by atomic mass is 35.5. The molecule has 5 fully saturated rings. The third kappa shape index (κ3) is 4.98. The Morgan fingerprint density at radius 3 is 2.53 bits per heavy atom. The smallest absolute Gasteiger partial charge is 0.269 e. The van der Waals surface area contributed by atoms with Gasteiger partial charge in [0.15, 0.2) is 0 Å². The highest BCUT2D eigenvalue weighted by Crippen LogP contribution is 2.68. The average molecular weight is 616 g/mol. The molecule has 12 atom stereocenters. The van der Waals surface area contributed by atoms with Gasteiger partial charge in [0, 0.05) is 18.6 Å². The second-order valence-electron chi connectivity index (χ2n) is 14.8. The molecular formula is C33H46ClN3O6. The van der Waals surface area contributed by atoms with Crippen molar-refractivity contribution in [3.63, 3.8) is 0 Å². The number of aliphatic hydroxyl groups is 2. The number of nitro groups is 1. The van der Waals surface area contributed by atoms with Gasteiger partial charge >= 0.3 is 0 Å². The fraction of sp³-hybridized carbons (Fsp3) is 0.758. The van der Waals surface area contributed by atoms with E-state index in [0.29, 0.717) is 41.6 Å². The predicted octanol–water partition coefficient (Wildman–Crippen LogP) is 5.52. The summed E-state index contributed by atoms with van der Waals surface area (Å²) in [5.41, 5.74) is 3.34. The number of halogens is 1. The summed E-state index contributed by atoms with van der Waals surface area (Å²) >= 11 is 6.28. The van der Waals surface area contributed by atoms with E-state index in [0.717, 1.165) is 38.5 Å². The molecule has 2 amide bonds. The van der Waals surface area contributed by atoms with E-state index >= 15 is 0 Å². The standard InChI is InChI=1S/C33H46ClN3O6/c1-18(4-13-28(40)35-36-30(29(34)31(36)41)19-5-8-21(9-6-19)37(42)43)24-11-12-25-23-10-7-20-16-22(38)14-15-32(20,2)26(23)17-27(39)33(24,25)3/h5-6,8-9,18,20,22-27,29-30,38-39H,4,7,10-17H2,1-3H3,(H,35,40)/t18-,20+,22-,23+,24-,25+,26+,27+,29-,30-,32+,33-/m1/s1. The lowest BCUT2D eigenvalue weighted by molar-refractivity contribution is -0.384. The molecule has 1 aromatic rings. The number of alkyl halides is 1. The van der Waals surface area contributed by atoms with Crippen molar-refractivity contribution in [3.05, 3.63) is 39.9 Å². The Morgan fingerprint density at radius 2 is 1.84 bits per heavy atom. The highest BCUT2D eigenvalue weighted by molar-refractivity contribution is 6.33. The third-order valence-electron chi connectivity index (χ3n) is 13.0. The number of rotatable bonds is 7. The van der Waals surface area contributed by atoms with Crippen LogP contribution in [0.1, 0.15) is 96.6 Å². The fourth-order valence-corrected chi connectivity index (χ4v) is 11.0. The fourth-order valence-electron chi connectivity index (χ4n) is 10.6. The van der Waals surface area contributed by atoms with Crippen molar-refractivity contribution in [1.29, 1.82) is 0 Å². The Morgan fingerprint density at radius 1 is 1.12 bits per heavy atom. The molecule has 0 unspecified atom stereocenters. The summed E-state index contributed by atoms with van der Waals surface area (Å²) in [7, 11) is 0. The van der Waals surface area contributed by atoms with Gasteiger partial charge in [-0.1, -0.05) is 20.8 Å². The summed E-state index contributed by atoms with van der Waals surface area (Å²) in [6.45, 7) is 6.94. The number of aliphatic hydroxyl groups excluding tert-OH is 2. The molecule has 0 radical (unpaired) electrons. The lowest BCUT2D eigenvalue weighted by Crippen LogP contribution is -2.63. The molecule has 0 aromatic heterocycles. The Balaban J connectivity index is 1.08. The first kappa shape index (κ1) is 30.8. The number of nitro benzene ring substituents is 1. The van der Waals surface area contributed by atoms with Gasteiger partial charge in [0.25, 0.3) is 11.6 Å². The largest absolute Gasteiger partial charge is 0.393 e. The van der Waals surface area contributed by atoms with Crippen LogP contribution in [0.25, 0.3) is 0 Å². The number of β-lactam (4-membered cyclic amide) rings is 1. The number of fused-ring (bicyclic) bond motifs is 5. The molecule has 1 saturated heterocycles. The SMILES string of the molecule is C[C@H](CCC(=O)NN1C(=O)[C@H](Cl)[C@H]1c1ccc([N+](=O)[O-])cc1)[C@H]1CC[C@H]2[C@@H]3CC[C@H]4C[C@H](O)CC[C@]4(C)[C@H]3C[C@H](O)[C@]12C. The van der Waals surface area contributed by atoms with Gasteiger partial charge in [-0.3, -0.25) is 25.1 Å². The molecule has 9 nitrogen and oxygen atoms in total. The zero-order chi connectivity index (χ0) is 30.8. The van der Waals surface area contributed by atoms with Gasteiger partial charge in [0.1, 0.15) is 11.4 Å². The Bertz CT molecular complexity index is 1260. The maximum absolute atomic E-state index is 13.0. The normalized spacial score (nSPS) is 42.7. The summed E-state index contributed by atoms with van der Waals surface area (Å²) in [5.74, 6) is 2.06. The maximum atomic E-state index is 13.0. The molecule has 1 aliphatic heterocycles. The summed E-state index contributed by atoms with van der Waals surface area (Å²) < 4.78 is 0. The predicted molar refractivity (Wildman–Crippen MR) is 161 cm³/mol. The van der Waals surface area contributed by atoms with Crippen molar-refractivity contribution in [2.24, 2.45) is 46.3 Å². The van der Waals surface area contributed by atoms with Crippen LogP contribution in [-0.2, 0) is 9.59 Å². The second kappa shape index (κ2) is 11.3. The third-order valence-corrected chi connectivity index (χ3v) is 13.5. The van der Waals surface area contributed by atoms with Crippen LogP contribution in [0.2, 0.25) is 0 Å². The average Bonchev–Trinajstić information content (AvgIpc) is 3.35. The number of carbonyl (C=O) groups excluding carboxylic acids is 2. The number of benzene rings is 1. The van der Waals surface area contributed by atoms with Crippen LogP contribution in [0, 0.1) is 56.5 Å². The van der Waals surface area contributed by atoms with Crippen molar-refractivity contribution in [2.45, 2.75) is 109 Å². The number of nitrogens with zero attached hydrogens (tertiary/aromatic N) is 2. The number of non-ortho nitro benzene ring substituents is 1. The summed E-state index contributed by atoms with van der Waals surface area (Å²) in [6.07, 6.45) is 8.59. The monoisotopic (exact) mass is 615 g/mol. The van der Waals surface area contributed by atoms with Gasteiger partial charge in [-0.2, -0.15) is 0 Å². The lowest BCUT2D eigenvalue weighted by atomic mass is 9.43. The van der Waals surface area contributed by atoms with Crippen molar-refractivity contribution in [3.8, 4) is 0 Å². The van der Waals surface area contributed by atoms with E-state index in [4.69, 9.17) is 11.6 Å². The number of amides is 2. The topological polar surface area (TPSA) is 133 Å². The van der Waals surface area contributed by atoms with Crippen LogP contribution in [0.5, 0.6) is 0 Å². The molecule has 0 bridgehead atoms. The molecule has 0 spiro atoms. The molecule has 6 rings (SSSR count). The zero-order valence-corrected chi connectivity index (χ0v) is 26.2. The molecule has 5 aliphatic rings. The summed E-state index contributed by atoms with van der Waals surface area (Å²) in [4.78, 5) is 36.1. The van der Waals surface area contributed by atoms with Crippen molar-refractivity contribution < 1.29 is 24.7 Å². The van der Waals surface area contributed by atoms with E-state index in [1.54, 1.807) is 12.1 Å². The lowest BCUT2D eigenvalue weighted by Gasteiger charge is -2.62. The molecular weight excluding hydrogens is 570 g/mol. The summed E-state index contributed by atoms with van der Waals surface area (Å²) in [5, 5.41) is 33.5.